The summed E-state index contributed by atoms with van der Waals surface area (Å²) in [5.41, 5.74) is 0.0601. The number of aromatic nitrogens is 4. The van der Waals surface area contributed by atoms with Crippen LogP contribution < -0.4 is 11.1 Å². The van der Waals surface area contributed by atoms with E-state index in [0.29, 0.717) is 0 Å². The molecule has 0 saturated carbocycles. The summed E-state index contributed by atoms with van der Waals surface area (Å²) in [4.78, 5) is 22.2. The molecule has 2 rings (SSSR count). The third kappa shape index (κ3) is 1.30. The van der Waals surface area contributed by atoms with Crippen molar-refractivity contribution in [2.45, 2.75) is 0 Å². The minimum atomic E-state index is -3.64. The molecule has 0 radical (unpaired) electrons. The Bertz CT molecular complexity index is 383. The van der Waals surface area contributed by atoms with Crippen LogP contribution in [0.5, 0.6) is 0 Å². The SMILES string of the molecule is O=P(O)(c1ncc[nH]1)c1ncc[nH]1. The molecule has 0 aromatic carbocycles. The molecule has 0 atom stereocenters. The minimum absolute atomic E-state index is 0.0300. The molecule has 68 valence electrons. The average molecular weight is 198 g/mol. The summed E-state index contributed by atoms with van der Waals surface area (Å²) in [7, 11) is -3.64. The number of imidazole rings is 2. The molecule has 3 N–H and O–H groups in total. The van der Waals surface area contributed by atoms with Gasteiger partial charge in [0, 0.05) is 24.8 Å². The highest BCUT2D eigenvalue weighted by Gasteiger charge is 2.29. The highest BCUT2D eigenvalue weighted by Crippen LogP contribution is 2.34. The Hall–Kier alpha value is -1.39. The highest BCUT2D eigenvalue weighted by atomic mass is 31.2. The summed E-state index contributed by atoms with van der Waals surface area (Å²) in [6, 6.07) is 0. The first kappa shape index (κ1) is 8.22. The van der Waals surface area contributed by atoms with Gasteiger partial charge in [0.1, 0.15) is 0 Å². The lowest BCUT2D eigenvalue weighted by atomic mass is 11.0. The summed E-state index contributed by atoms with van der Waals surface area (Å²) in [6.07, 6.45) is 5.81. The van der Waals surface area contributed by atoms with Crippen molar-refractivity contribution < 1.29 is 9.46 Å². The molecule has 0 aliphatic carbocycles. The van der Waals surface area contributed by atoms with Crippen molar-refractivity contribution in [1.82, 2.24) is 19.9 Å². The minimum Gasteiger partial charge on any atom is -0.340 e. The van der Waals surface area contributed by atoms with Gasteiger partial charge in [0.15, 0.2) is 0 Å². The summed E-state index contributed by atoms with van der Waals surface area (Å²) in [5, 5.41) is 0. The summed E-state index contributed by atoms with van der Waals surface area (Å²) in [6.45, 7) is 0. The van der Waals surface area contributed by atoms with Gasteiger partial charge in [0.25, 0.3) is 0 Å². The van der Waals surface area contributed by atoms with Crippen LogP contribution in [0.15, 0.2) is 24.8 Å². The number of hydrogen-bond donors (Lipinski definition) is 3. The molecule has 0 unspecified atom stereocenters. The average Bonchev–Trinajstić information content (AvgIpc) is 2.78. The van der Waals surface area contributed by atoms with Crippen LogP contribution in [0.2, 0.25) is 0 Å². The number of rotatable bonds is 2. The molecule has 2 heterocycles. The lowest BCUT2D eigenvalue weighted by Gasteiger charge is -2.03. The molecule has 0 bridgehead atoms. The Morgan fingerprint density at radius 2 is 1.62 bits per heavy atom. The Kier molecular flexibility index (Phi) is 1.79. The zero-order valence-electron chi connectivity index (χ0n) is 6.51. The van der Waals surface area contributed by atoms with E-state index in [1.165, 1.54) is 24.8 Å². The van der Waals surface area contributed by atoms with Crippen LogP contribution in [-0.2, 0) is 4.57 Å². The predicted octanol–water partition coefficient (Wildman–Crippen LogP) is -0.646. The van der Waals surface area contributed by atoms with E-state index >= 15 is 0 Å². The first-order valence-electron chi connectivity index (χ1n) is 3.54. The van der Waals surface area contributed by atoms with Gasteiger partial charge in [0.2, 0.25) is 11.1 Å². The summed E-state index contributed by atoms with van der Waals surface area (Å²) in [5.74, 6) is 0. The maximum Gasteiger partial charge on any atom is 0.327 e. The maximum absolute atomic E-state index is 11.7. The molecule has 0 aliphatic rings. The zero-order valence-corrected chi connectivity index (χ0v) is 7.40. The van der Waals surface area contributed by atoms with Gasteiger partial charge >= 0.3 is 7.37 Å². The van der Waals surface area contributed by atoms with Crippen molar-refractivity contribution in [1.29, 1.82) is 0 Å². The molecular formula is C6H7N4O2P. The third-order valence-electron chi connectivity index (χ3n) is 1.54. The normalized spacial score (nSPS) is 11.8. The van der Waals surface area contributed by atoms with Crippen molar-refractivity contribution in [2.24, 2.45) is 0 Å². The smallest absolute Gasteiger partial charge is 0.327 e. The fraction of sp³-hybridized carbons (Fsp3) is 0. The number of H-pyrrole nitrogens is 2. The van der Waals surface area contributed by atoms with Crippen LogP contribution in [0.3, 0.4) is 0 Å². The van der Waals surface area contributed by atoms with Gasteiger partial charge in [-0.1, -0.05) is 0 Å². The van der Waals surface area contributed by atoms with Crippen molar-refractivity contribution in [3.63, 3.8) is 0 Å². The fourth-order valence-electron chi connectivity index (χ4n) is 0.946. The van der Waals surface area contributed by atoms with Crippen LogP contribution in [0.25, 0.3) is 0 Å². The molecule has 6 nitrogen and oxygen atoms in total. The summed E-state index contributed by atoms with van der Waals surface area (Å²) < 4.78 is 11.7. The van der Waals surface area contributed by atoms with Gasteiger partial charge in [-0.2, -0.15) is 0 Å². The standard InChI is InChI=1S/C6H7N4O2P/c11-13(12,5-7-1-2-8-5)6-9-3-4-10-6/h1-4H,(H,7,8)(H,9,10)(H,11,12). The van der Waals surface area contributed by atoms with E-state index in [1.54, 1.807) is 0 Å². The van der Waals surface area contributed by atoms with E-state index in [9.17, 15) is 9.46 Å². The molecule has 2 aromatic heterocycles. The van der Waals surface area contributed by atoms with E-state index in [2.05, 4.69) is 19.9 Å². The van der Waals surface area contributed by atoms with Crippen molar-refractivity contribution in [3.05, 3.63) is 24.8 Å². The molecule has 13 heavy (non-hydrogen) atoms. The van der Waals surface area contributed by atoms with Gasteiger partial charge < -0.3 is 14.9 Å². The van der Waals surface area contributed by atoms with E-state index in [4.69, 9.17) is 0 Å². The topological polar surface area (TPSA) is 94.7 Å². The van der Waals surface area contributed by atoms with Crippen LogP contribution in [-0.4, -0.2) is 24.8 Å². The summed E-state index contributed by atoms with van der Waals surface area (Å²) >= 11 is 0. The van der Waals surface area contributed by atoms with Crippen LogP contribution >= 0.6 is 7.37 Å². The Labute approximate surface area is 73.5 Å². The number of nitrogens with zero attached hydrogens (tertiary/aromatic N) is 2. The second-order valence-corrected chi connectivity index (χ2v) is 4.40. The van der Waals surface area contributed by atoms with Crippen molar-refractivity contribution >= 4 is 18.5 Å². The first-order chi connectivity index (χ1) is 6.21. The maximum atomic E-state index is 11.7. The third-order valence-corrected chi connectivity index (χ3v) is 3.18. The zero-order chi connectivity index (χ0) is 9.31. The molecular weight excluding hydrogens is 191 g/mol. The molecule has 0 saturated heterocycles. The Morgan fingerprint density at radius 3 is 1.92 bits per heavy atom. The van der Waals surface area contributed by atoms with Crippen molar-refractivity contribution in [2.75, 3.05) is 0 Å². The van der Waals surface area contributed by atoms with E-state index < -0.39 is 7.37 Å². The van der Waals surface area contributed by atoms with E-state index in [-0.39, 0.29) is 11.1 Å². The fourth-order valence-corrected chi connectivity index (χ4v) is 2.09. The van der Waals surface area contributed by atoms with Gasteiger partial charge in [-0.15, -0.1) is 0 Å². The van der Waals surface area contributed by atoms with Crippen LogP contribution in [0, 0.1) is 0 Å². The lowest BCUT2D eigenvalue weighted by molar-refractivity contribution is 0.497. The number of hydrogen-bond acceptors (Lipinski definition) is 3. The van der Waals surface area contributed by atoms with E-state index in [0.717, 1.165) is 0 Å². The van der Waals surface area contributed by atoms with Gasteiger partial charge in [-0.05, 0) is 0 Å². The second kappa shape index (κ2) is 2.83. The molecule has 0 spiro atoms. The lowest BCUT2D eigenvalue weighted by Crippen LogP contribution is -2.21. The van der Waals surface area contributed by atoms with E-state index in [1.807, 2.05) is 0 Å². The highest BCUT2D eigenvalue weighted by molar-refractivity contribution is 7.72. The quantitative estimate of drug-likeness (QED) is 0.559. The van der Waals surface area contributed by atoms with Crippen LogP contribution in [0.1, 0.15) is 0 Å². The first-order valence-corrected chi connectivity index (χ1v) is 5.20. The monoisotopic (exact) mass is 198 g/mol. The second-order valence-electron chi connectivity index (χ2n) is 2.40. The number of nitrogens with one attached hydrogen (secondary N) is 2. The molecule has 2 aromatic rings. The molecule has 0 fully saturated rings. The predicted molar refractivity (Wildman–Crippen MR) is 46.3 cm³/mol. The Balaban J connectivity index is 2.49. The largest absolute Gasteiger partial charge is 0.340 e. The van der Waals surface area contributed by atoms with Crippen molar-refractivity contribution in [3.8, 4) is 0 Å². The van der Waals surface area contributed by atoms with Gasteiger partial charge in [-0.3, -0.25) is 4.57 Å². The van der Waals surface area contributed by atoms with Gasteiger partial charge in [0.05, 0.1) is 0 Å². The van der Waals surface area contributed by atoms with Gasteiger partial charge in [-0.25, -0.2) is 9.97 Å². The van der Waals surface area contributed by atoms with Crippen LogP contribution in [0.4, 0.5) is 0 Å². The molecule has 0 aliphatic heterocycles. The molecule has 7 heteroatoms. The molecule has 0 amide bonds. The Morgan fingerprint density at radius 1 is 1.15 bits per heavy atom. The number of aromatic amines is 2.